The SMILES string of the molecule is C.CC[N+](C)(C)C[N+](C)(C)C. The highest BCUT2D eigenvalue weighted by Gasteiger charge is 2.20. The monoisotopic (exact) mass is 162 g/mol. The van der Waals surface area contributed by atoms with Crippen LogP contribution in [0.5, 0.6) is 0 Å². The van der Waals surface area contributed by atoms with Gasteiger partial charge in [-0.15, -0.1) is 0 Å². The molecule has 0 unspecified atom stereocenters. The zero-order valence-corrected chi connectivity index (χ0v) is 8.31. The molecule has 0 aromatic rings. The van der Waals surface area contributed by atoms with Gasteiger partial charge in [0.2, 0.25) is 6.67 Å². The van der Waals surface area contributed by atoms with E-state index in [1.54, 1.807) is 0 Å². The Labute approximate surface area is 72.6 Å². The third-order valence-corrected chi connectivity index (χ3v) is 1.66. The Morgan fingerprint density at radius 3 is 1.36 bits per heavy atom. The third-order valence-electron chi connectivity index (χ3n) is 1.66. The highest BCUT2D eigenvalue weighted by molar-refractivity contribution is 4.16. The van der Waals surface area contributed by atoms with Crippen LogP contribution in [0.2, 0.25) is 0 Å². The van der Waals surface area contributed by atoms with Crippen molar-refractivity contribution >= 4 is 0 Å². The maximum absolute atomic E-state index is 2.27. The standard InChI is InChI=1S/C8H22N2.CH4/c1-7-10(5,6)8-9(2,3)4;/h7-8H2,1-6H3;1H4/q+2;. The first-order valence-electron chi connectivity index (χ1n) is 3.89. The van der Waals surface area contributed by atoms with Crippen LogP contribution in [0, 0.1) is 0 Å². The molecule has 0 aliphatic heterocycles. The van der Waals surface area contributed by atoms with Crippen molar-refractivity contribution in [3.8, 4) is 0 Å². The average molecular weight is 162 g/mol. The van der Waals surface area contributed by atoms with Crippen molar-refractivity contribution in [3.05, 3.63) is 0 Å². The van der Waals surface area contributed by atoms with E-state index in [1.807, 2.05) is 0 Å². The fourth-order valence-electron chi connectivity index (χ4n) is 1.25. The zero-order valence-electron chi connectivity index (χ0n) is 8.31. The minimum atomic E-state index is 0. The van der Waals surface area contributed by atoms with Crippen LogP contribution in [0.4, 0.5) is 0 Å². The van der Waals surface area contributed by atoms with Crippen molar-refractivity contribution in [1.29, 1.82) is 0 Å². The summed E-state index contributed by atoms with van der Waals surface area (Å²) in [6, 6.07) is 0. The molecule has 0 rings (SSSR count). The number of hydrogen-bond donors (Lipinski definition) is 0. The quantitative estimate of drug-likeness (QED) is 0.434. The molecule has 2 heteroatoms. The minimum absolute atomic E-state index is 0. The van der Waals surface area contributed by atoms with Crippen molar-refractivity contribution in [2.24, 2.45) is 0 Å². The Bertz CT molecular complexity index is 101. The largest absolute Gasteiger partial charge is 0.284 e. The molecular weight excluding hydrogens is 136 g/mol. The first kappa shape index (κ1) is 13.5. The Morgan fingerprint density at radius 1 is 0.909 bits per heavy atom. The van der Waals surface area contributed by atoms with Crippen LogP contribution in [0.3, 0.4) is 0 Å². The smallest absolute Gasteiger partial charge is 0.206 e. The van der Waals surface area contributed by atoms with E-state index in [4.69, 9.17) is 0 Å². The Hall–Kier alpha value is -0.0800. The molecule has 0 N–H and O–H groups in total. The Kier molecular flexibility index (Phi) is 5.00. The number of quaternary nitrogens is 2. The molecule has 0 fully saturated rings. The summed E-state index contributed by atoms with van der Waals surface area (Å²) in [4.78, 5) is 0. The second-order valence-corrected chi connectivity index (χ2v) is 4.68. The van der Waals surface area contributed by atoms with Crippen LogP contribution < -0.4 is 0 Å². The van der Waals surface area contributed by atoms with Gasteiger partial charge in [0, 0.05) is 0 Å². The van der Waals surface area contributed by atoms with Gasteiger partial charge in [-0.1, -0.05) is 7.43 Å². The van der Waals surface area contributed by atoms with Gasteiger partial charge >= 0.3 is 0 Å². The van der Waals surface area contributed by atoms with Gasteiger partial charge in [-0.25, -0.2) is 0 Å². The summed E-state index contributed by atoms with van der Waals surface area (Å²) in [5.41, 5.74) is 0. The molecule has 0 amide bonds. The molecule has 11 heavy (non-hydrogen) atoms. The minimum Gasteiger partial charge on any atom is -0.284 e. The second-order valence-electron chi connectivity index (χ2n) is 4.68. The molecule has 0 heterocycles. The van der Waals surface area contributed by atoms with Gasteiger partial charge in [-0.2, -0.15) is 0 Å². The summed E-state index contributed by atoms with van der Waals surface area (Å²) in [6.45, 7) is 4.63. The first-order valence-corrected chi connectivity index (χ1v) is 3.89. The van der Waals surface area contributed by atoms with Gasteiger partial charge in [-0.3, -0.25) is 8.97 Å². The van der Waals surface area contributed by atoms with Crippen LogP contribution in [-0.2, 0) is 0 Å². The number of rotatable bonds is 3. The zero-order chi connectivity index (χ0) is 8.41. The van der Waals surface area contributed by atoms with Crippen molar-refractivity contribution < 1.29 is 8.97 Å². The second kappa shape index (κ2) is 4.07. The van der Waals surface area contributed by atoms with Crippen LogP contribution in [-0.4, -0.2) is 57.4 Å². The van der Waals surface area contributed by atoms with E-state index in [-0.39, 0.29) is 7.43 Å². The summed E-state index contributed by atoms with van der Waals surface area (Å²) in [5.74, 6) is 0. The maximum atomic E-state index is 2.27. The van der Waals surface area contributed by atoms with E-state index in [2.05, 4.69) is 42.2 Å². The molecule has 0 aromatic heterocycles. The lowest BCUT2D eigenvalue weighted by molar-refractivity contribution is -1.06. The molecule has 0 saturated carbocycles. The summed E-state index contributed by atoms with van der Waals surface area (Å²) in [6.07, 6.45) is 0. The summed E-state index contributed by atoms with van der Waals surface area (Å²) in [5, 5.41) is 0. The fraction of sp³-hybridized carbons (Fsp3) is 1.00. The number of nitrogens with zero attached hydrogens (tertiary/aromatic N) is 2. The van der Waals surface area contributed by atoms with Gasteiger partial charge in [0.25, 0.3) is 0 Å². The lowest BCUT2D eigenvalue weighted by atomic mass is 10.5. The highest BCUT2D eigenvalue weighted by atomic mass is 15.5. The van der Waals surface area contributed by atoms with E-state index >= 15 is 0 Å². The lowest BCUT2D eigenvalue weighted by Crippen LogP contribution is -2.53. The molecule has 0 aliphatic rings. The molecule has 0 bridgehead atoms. The van der Waals surface area contributed by atoms with Crippen LogP contribution in [0.15, 0.2) is 0 Å². The molecule has 70 valence electrons. The average Bonchev–Trinajstić information content (AvgIpc) is 1.60. The molecule has 0 atom stereocenters. The van der Waals surface area contributed by atoms with Gasteiger partial charge in [-0.05, 0) is 6.92 Å². The molecule has 0 spiro atoms. The molecule has 0 saturated heterocycles. The lowest BCUT2D eigenvalue weighted by Gasteiger charge is -2.35. The summed E-state index contributed by atoms with van der Waals surface area (Å²) >= 11 is 0. The summed E-state index contributed by atoms with van der Waals surface area (Å²) < 4.78 is 2.14. The molecular formula is C9H26N2+2. The fourth-order valence-corrected chi connectivity index (χ4v) is 1.25. The van der Waals surface area contributed by atoms with Crippen molar-refractivity contribution in [3.63, 3.8) is 0 Å². The Morgan fingerprint density at radius 2 is 1.27 bits per heavy atom. The van der Waals surface area contributed by atoms with Crippen LogP contribution in [0.25, 0.3) is 0 Å². The molecule has 0 radical (unpaired) electrons. The van der Waals surface area contributed by atoms with E-state index in [1.165, 1.54) is 13.2 Å². The normalized spacial score (nSPS) is 12.5. The van der Waals surface area contributed by atoms with Gasteiger partial charge < -0.3 is 0 Å². The topological polar surface area (TPSA) is 0 Å². The van der Waals surface area contributed by atoms with Crippen molar-refractivity contribution in [2.45, 2.75) is 14.4 Å². The van der Waals surface area contributed by atoms with Gasteiger partial charge in [0.1, 0.15) is 0 Å². The molecule has 2 nitrogen and oxygen atoms in total. The van der Waals surface area contributed by atoms with E-state index in [0.717, 1.165) is 8.97 Å². The van der Waals surface area contributed by atoms with E-state index in [0.29, 0.717) is 0 Å². The number of hydrogen-bond acceptors (Lipinski definition) is 0. The van der Waals surface area contributed by atoms with Crippen LogP contribution >= 0.6 is 0 Å². The highest BCUT2D eigenvalue weighted by Crippen LogP contribution is 2.01. The molecule has 0 aromatic carbocycles. The van der Waals surface area contributed by atoms with Crippen molar-refractivity contribution in [2.75, 3.05) is 48.5 Å². The third kappa shape index (κ3) is 7.82. The predicted molar refractivity (Wildman–Crippen MR) is 52.3 cm³/mol. The predicted octanol–water partition coefficient (Wildman–Crippen LogP) is 1.38. The van der Waals surface area contributed by atoms with Crippen LogP contribution in [0.1, 0.15) is 14.4 Å². The first-order chi connectivity index (χ1) is 4.27. The van der Waals surface area contributed by atoms with Crippen molar-refractivity contribution in [1.82, 2.24) is 0 Å². The Balaban J connectivity index is 0. The van der Waals surface area contributed by atoms with E-state index in [9.17, 15) is 0 Å². The van der Waals surface area contributed by atoms with E-state index < -0.39 is 0 Å². The molecule has 0 aliphatic carbocycles. The maximum Gasteiger partial charge on any atom is 0.206 e. The van der Waals surface area contributed by atoms with Gasteiger partial charge in [0.05, 0.1) is 41.8 Å². The summed E-state index contributed by atoms with van der Waals surface area (Å²) in [7, 11) is 11.2. The van der Waals surface area contributed by atoms with Gasteiger partial charge in [0.15, 0.2) is 0 Å².